The molecule has 1 aliphatic heterocycles. The van der Waals surface area contributed by atoms with E-state index in [9.17, 15) is 14.7 Å². The summed E-state index contributed by atoms with van der Waals surface area (Å²) >= 11 is 6.59. The Bertz CT molecular complexity index is 531. The minimum Gasteiger partial charge on any atom is -0.544 e. The number of carboxylic acids is 1. The van der Waals surface area contributed by atoms with Crippen LogP contribution in [0.3, 0.4) is 0 Å². The number of carboxylic acid groups (broad SMARTS) is 2. The molecule has 0 spiro atoms. The van der Waals surface area contributed by atoms with Crippen molar-refractivity contribution in [2.75, 3.05) is 13.2 Å². The largest absolute Gasteiger partial charge is 1.00 e. The zero-order chi connectivity index (χ0) is 16.7. The molecule has 10 heteroatoms. The van der Waals surface area contributed by atoms with Gasteiger partial charge in [0.2, 0.25) is 0 Å². The molecule has 1 saturated heterocycles. The van der Waals surface area contributed by atoms with Gasteiger partial charge in [0.15, 0.2) is 0 Å². The van der Waals surface area contributed by atoms with Crippen LogP contribution in [0, 0.1) is 48.7 Å². The first-order chi connectivity index (χ1) is 10.4. The number of nitrogens with zero attached hydrogens (tertiary/aromatic N) is 1. The second-order valence-electron chi connectivity index (χ2n) is 4.61. The van der Waals surface area contributed by atoms with Crippen molar-refractivity contribution in [3.63, 3.8) is 0 Å². The maximum atomic E-state index is 10.9. The number of ether oxygens (including phenoxy) is 1. The maximum Gasteiger partial charge on any atom is 1.00 e. The number of thiophene rings is 1. The summed E-state index contributed by atoms with van der Waals surface area (Å²) in [6.45, 7) is 6.08. The third-order valence-corrected chi connectivity index (χ3v) is 4.13. The Balaban J connectivity index is 0. The summed E-state index contributed by atoms with van der Waals surface area (Å²) in [6.07, 6.45) is 1.48. The zero-order valence-electron chi connectivity index (χ0n) is 13.7. The molecule has 6 nitrogen and oxygen atoms in total. The van der Waals surface area contributed by atoms with Crippen molar-refractivity contribution >= 4 is 35.0 Å². The van der Waals surface area contributed by atoms with Crippen molar-refractivity contribution in [2.24, 2.45) is 0 Å². The molecule has 2 heterocycles. The minimum absolute atomic E-state index is 0. The van der Waals surface area contributed by atoms with E-state index in [1.807, 2.05) is 6.92 Å². The van der Waals surface area contributed by atoms with Crippen LogP contribution >= 0.6 is 22.9 Å². The predicted octanol–water partition coefficient (Wildman–Crippen LogP) is -0.479. The summed E-state index contributed by atoms with van der Waals surface area (Å²) in [6, 6.07) is 1.14. The summed E-state index contributed by atoms with van der Waals surface area (Å²) in [4.78, 5) is 23.0. The Labute approximate surface area is 196 Å². The molecule has 24 heavy (non-hydrogen) atoms. The number of likely N-dealkylation sites (tertiary alicyclic amines) is 1. The molecule has 0 bridgehead atoms. The number of aromatic carboxylic acids is 1. The van der Waals surface area contributed by atoms with Crippen LogP contribution in [0.5, 0.6) is 5.75 Å². The molecular formula is C14H18CeClLiNO5S-. The summed E-state index contributed by atoms with van der Waals surface area (Å²) in [5.74, 6) is -1.22. The second kappa shape index (κ2) is 13.7. The number of carbonyl (C=O) groups is 2. The second-order valence-corrected chi connectivity index (χ2v) is 6.30. The van der Waals surface area contributed by atoms with Crippen molar-refractivity contribution in [1.29, 1.82) is 0 Å². The Morgan fingerprint density at radius 2 is 2.17 bits per heavy atom. The van der Waals surface area contributed by atoms with Crippen LogP contribution in [0.25, 0.3) is 0 Å². The van der Waals surface area contributed by atoms with Gasteiger partial charge in [0.1, 0.15) is 12.4 Å². The molecule has 1 aromatic rings. The van der Waals surface area contributed by atoms with E-state index in [0.717, 1.165) is 24.2 Å². The summed E-state index contributed by atoms with van der Waals surface area (Å²) in [7, 11) is 0. The van der Waals surface area contributed by atoms with Crippen LogP contribution in [0.1, 0.15) is 35.9 Å². The van der Waals surface area contributed by atoms with Gasteiger partial charge in [0.25, 0.3) is 0 Å². The van der Waals surface area contributed by atoms with Gasteiger partial charge < -0.3 is 31.6 Å². The van der Waals surface area contributed by atoms with Gasteiger partial charge in [0, 0.05) is 54.4 Å². The van der Waals surface area contributed by atoms with Crippen molar-refractivity contribution in [2.45, 2.75) is 32.2 Å². The molecule has 2 rings (SSSR count). The van der Waals surface area contributed by atoms with Crippen LogP contribution in [0.4, 0.5) is 4.79 Å². The van der Waals surface area contributed by atoms with E-state index in [1.165, 1.54) is 11.0 Å². The Morgan fingerprint density at radius 1 is 1.58 bits per heavy atom. The van der Waals surface area contributed by atoms with Gasteiger partial charge in [-0.3, -0.25) is 0 Å². The van der Waals surface area contributed by atoms with Crippen LogP contribution in [0.2, 0.25) is 4.34 Å². The molecule has 0 saturated carbocycles. The van der Waals surface area contributed by atoms with E-state index in [0.29, 0.717) is 13.0 Å². The SMILES string of the molecule is O=C([O-])c1sc(Cl)cc1OCC1CCCN1C(=O)O.[CH2-]CC.[Ce].[Li+]. The van der Waals surface area contributed by atoms with Crippen molar-refractivity contribution in [3.8, 4) is 5.75 Å². The summed E-state index contributed by atoms with van der Waals surface area (Å²) in [5, 5.41) is 19.8. The molecule has 1 fully saturated rings. The molecule has 0 radical (unpaired) electrons. The normalized spacial score (nSPS) is 15.5. The predicted molar refractivity (Wildman–Crippen MR) is 82.6 cm³/mol. The molecule has 128 valence electrons. The standard InChI is InChI=1S/C11H12ClNO5S.C3H7.Ce.Li/c12-8-4-7(9(19-8)10(14)15)18-5-6-2-1-3-13(6)11(16)17;1-3-2;;/h4,6H,1-3,5H2,(H,14,15)(H,16,17);1,3H2,2H3;;/q;-1;;+1/p-1. The number of rotatable bonds is 4. The first-order valence-corrected chi connectivity index (χ1v) is 8.02. The Hall–Kier alpha value is 0.504. The molecule has 1 amide bonds. The molecule has 1 unspecified atom stereocenters. The Kier molecular flexibility index (Phi) is 15.2. The van der Waals surface area contributed by atoms with Crippen molar-refractivity contribution < 1.29 is 85.1 Å². The summed E-state index contributed by atoms with van der Waals surface area (Å²) in [5.41, 5.74) is 0. The monoisotopic (exact) mass is 494 g/mol. The van der Waals surface area contributed by atoms with Crippen LogP contribution in [0.15, 0.2) is 6.07 Å². The molecule has 1 aromatic heterocycles. The van der Waals surface area contributed by atoms with E-state index in [-0.39, 0.29) is 88.2 Å². The third-order valence-electron chi connectivity index (χ3n) is 2.91. The topological polar surface area (TPSA) is 89.9 Å². The van der Waals surface area contributed by atoms with Gasteiger partial charge in [-0.05, 0) is 12.8 Å². The average Bonchev–Trinajstić information content (AvgIpc) is 3.03. The van der Waals surface area contributed by atoms with Gasteiger partial charge in [-0.15, -0.1) is 11.3 Å². The fourth-order valence-corrected chi connectivity index (χ4v) is 3.04. The average molecular weight is 495 g/mol. The first kappa shape index (κ1) is 26.7. The van der Waals surface area contributed by atoms with E-state index in [2.05, 4.69) is 6.92 Å². The van der Waals surface area contributed by atoms with E-state index >= 15 is 0 Å². The van der Waals surface area contributed by atoms with Crippen LogP contribution < -0.4 is 28.7 Å². The number of hydrogen-bond acceptors (Lipinski definition) is 5. The molecule has 1 atom stereocenters. The quantitative estimate of drug-likeness (QED) is 0.451. The van der Waals surface area contributed by atoms with Crippen molar-refractivity contribution in [1.82, 2.24) is 4.90 Å². The smallest absolute Gasteiger partial charge is 0.544 e. The fraction of sp³-hybridized carbons (Fsp3) is 0.500. The molecule has 0 aromatic carbocycles. The molecule has 0 aliphatic carbocycles. The molecular weight excluding hydrogens is 477 g/mol. The number of hydrogen-bond donors (Lipinski definition) is 1. The fourth-order valence-electron chi connectivity index (χ4n) is 2.04. The van der Waals surface area contributed by atoms with Gasteiger partial charge in [0.05, 0.1) is 21.2 Å². The molecule has 1 N–H and O–H groups in total. The minimum atomic E-state index is -1.35. The van der Waals surface area contributed by atoms with Crippen LogP contribution in [-0.4, -0.2) is 41.3 Å². The number of halogens is 1. The zero-order valence-corrected chi connectivity index (χ0v) is 18.4. The van der Waals surface area contributed by atoms with E-state index in [4.69, 9.17) is 21.4 Å². The van der Waals surface area contributed by atoms with E-state index in [1.54, 1.807) is 0 Å². The Morgan fingerprint density at radius 3 is 2.67 bits per heavy atom. The maximum absolute atomic E-state index is 10.9. The van der Waals surface area contributed by atoms with Gasteiger partial charge in [-0.1, -0.05) is 18.5 Å². The van der Waals surface area contributed by atoms with Crippen molar-refractivity contribution in [3.05, 3.63) is 22.2 Å². The third kappa shape index (κ3) is 8.26. The summed E-state index contributed by atoms with van der Waals surface area (Å²) < 4.78 is 5.67. The van der Waals surface area contributed by atoms with Gasteiger partial charge >= 0.3 is 25.0 Å². The molecule has 1 aliphatic rings. The number of carbonyl (C=O) groups excluding carboxylic acids is 1. The number of amides is 1. The van der Waals surface area contributed by atoms with Gasteiger partial charge in [-0.25, -0.2) is 4.79 Å². The first-order valence-electron chi connectivity index (χ1n) is 6.82. The van der Waals surface area contributed by atoms with E-state index < -0.39 is 12.1 Å². The van der Waals surface area contributed by atoms with Crippen LogP contribution in [-0.2, 0) is 0 Å². The van der Waals surface area contributed by atoms with Gasteiger partial charge in [-0.2, -0.15) is 6.42 Å².